The summed E-state index contributed by atoms with van der Waals surface area (Å²) in [4.78, 5) is 13.1. The predicted molar refractivity (Wildman–Crippen MR) is 78.4 cm³/mol. The molecule has 1 amide bonds. The van der Waals surface area contributed by atoms with Crippen LogP contribution in [0.25, 0.3) is 0 Å². The number of nitrogens with zero attached hydrogens (tertiary/aromatic N) is 1. The number of hydrogen-bond donors (Lipinski definition) is 0. The van der Waals surface area contributed by atoms with Crippen LogP contribution in [-0.2, 0) is 4.79 Å². The normalized spacial score (nSPS) is 10.0. The maximum atomic E-state index is 11.3. The molecule has 0 saturated heterocycles. The molecule has 1 aromatic carbocycles. The Labute approximate surface area is 115 Å². The number of carbonyl (C=O) groups excluding carboxylic acids is 1. The van der Waals surface area contributed by atoms with E-state index in [1.54, 1.807) is 17.9 Å². The van der Waals surface area contributed by atoms with E-state index < -0.39 is 0 Å². The van der Waals surface area contributed by atoms with E-state index in [9.17, 15) is 4.79 Å². The Kier molecular flexibility index (Phi) is 6.72. The molecule has 19 heavy (non-hydrogen) atoms. The molecule has 104 valence electrons. The highest BCUT2D eigenvalue weighted by Gasteiger charge is 2.05. The summed E-state index contributed by atoms with van der Waals surface area (Å²) >= 11 is 0. The fraction of sp³-hybridized carbons (Fsp3) is 0.438. The van der Waals surface area contributed by atoms with Gasteiger partial charge in [-0.05, 0) is 37.5 Å². The van der Waals surface area contributed by atoms with Gasteiger partial charge in [0.2, 0.25) is 5.91 Å². The van der Waals surface area contributed by atoms with Crippen LogP contribution >= 0.6 is 0 Å². The van der Waals surface area contributed by atoms with Crippen molar-refractivity contribution in [1.29, 1.82) is 0 Å². The smallest absolute Gasteiger partial charge is 0.219 e. The van der Waals surface area contributed by atoms with Crippen molar-refractivity contribution in [3.05, 3.63) is 42.5 Å². The quantitative estimate of drug-likeness (QED) is 0.531. The zero-order chi connectivity index (χ0) is 14.1. The first kappa shape index (κ1) is 15.3. The minimum atomic E-state index is 0.0968. The van der Waals surface area contributed by atoms with Crippen LogP contribution in [0.2, 0.25) is 0 Å². The standard InChI is InChI=1S/C16H23NO2/c1-4-10-17(15(3)18)11-5-6-12-19-16-9-7-8-14(2)13-16/h4,7-9,13H,1,5-6,10-12H2,2-3H3. The SMILES string of the molecule is C=CCN(CCCCOc1cccc(C)c1)C(C)=O. The maximum Gasteiger partial charge on any atom is 0.219 e. The summed E-state index contributed by atoms with van der Waals surface area (Å²) in [5.41, 5.74) is 1.20. The van der Waals surface area contributed by atoms with Crippen LogP contribution < -0.4 is 4.74 Å². The number of hydrogen-bond acceptors (Lipinski definition) is 2. The van der Waals surface area contributed by atoms with Crippen LogP contribution in [0.3, 0.4) is 0 Å². The van der Waals surface area contributed by atoms with Gasteiger partial charge in [-0.2, -0.15) is 0 Å². The van der Waals surface area contributed by atoms with E-state index in [0.717, 1.165) is 25.1 Å². The van der Waals surface area contributed by atoms with Crippen LogP contribution in [0.15, 0.2) is 36.9 Å². The summed E-state index contributed by atoms with van der Waals surface area (Å²) < 4.78 is 5.67. The maximum absolute atomic E-state index is 11.3. The van der Waals surface area contributed by atoms with Gasteiger partial charge in [0, 0.05) is 20.0 Å². The lowest BCUT2D eigenvalue weighted by molar-refractivity contribution is -0.128. The molecule has 0 aromatic heterocycles. The van der Waals surface area contributed by atoms with Crippen molar-refractivity contribution in [3.63, 3.8) is 0 Å². The fourth-order valence-corrected chi connectivity index (χ4v) is 1.83. The largest absolute Gasteiger partial charge is 0.494 e. The highest BCUT2D eigenvalue weighted by Crippen LogP contribution is 2.12. The van der Waals surface area contributed by atoms with E-state index >= 15 is 0 Å². The van der Waals surface area contributed by atoms with E-state index in [4.69, 9.17) is 4.74 Å². The Morgan fingerprint density at radius 1 is 1.42 bits per heavy atom. The highest BCUT2D eigenvalue weighted by molar-refractivity contribution is 5.73. The molecular formula is C16H23NO2. The van der Waals surface area contributed by atoms with E-state index in [-0.39, 0.29) is 5.91 Å². The van der Waals surface area contributed by atoms with Crippen molar-refractivity contribution in [2.75, 3.05) is 19.7 Å². The molecule has 3 heteroatoms. The minimum absolute atomic E-state index is 0.0968. The van der Waals surface area contributed by atoms with Crippen molar-refractivity contribution in [2.24, 2.45) is 0 Å². The molecule has 0 radical (unpaired) electrons. The molecule has 0 aliphatic heterocycles. The van der Waals surface area contributed by atoms with Crippen LogP contribution in [0.4, 0.5) is 0 Å². The van der Waals surface area contributed by atoms with Crippen molar-refractivity contribution in [2.45, 2.75) is 26.7 Å². The molecule has 0 aliphatic rings. The Morgan fingerprint density at radius 3 is 2.84 bits per heavy atom. The Bertz CT molecular complexity index is 415. The van der Waals surface area contributed by atoms with Gasteiger partial charge in [0.25, 0.3) is 0 Å². The third kappa shape index (κ3) is 6.09. The van der Waals surface area contributed by atoms with Gasteiger partial charge in [-0.25, -0.2) is 0 Å². The summed E-state index contributed by atoms with van der Waals surface area (Å²) in [5.74, 6) is 1.01. The molecule has 0 fully saturated rings. The summed E-state index contributed by atoms with van der Waals surface area (Å²) in [6.45, 7) is 9.36. The monoisotopic (exact) mass is 261 g/mol. The lowest BCUT2D eigenvalue weighted by Crippen LogP contribution is -2.30. The predicted octanol–water partition coefficient (Wildman–Crippen LogP) is 3.19. The van der Waals surface area contributed by atoms with Crippen LogP contribution in [-0.4, -0.2) is 30.5 Å². The third-order valence-electron chi connectivity index (χ3n) is 2.88. The van der Waals surface area contributed by atoms with E-state index in [0.29, 0.717) is 13.2 Å². The summed E-state index contributed by atoms with van der Waals surface area (Å²) in [5, 5.41) is 0. The highest BCUT2D eigenvalue weighted by atomic mass is 16.5. The average Bonchev–Trinajstić information content (AvgIpc) is 2.37. The average molecular weight is 261 g/mol. The van der Waals surface area contributed by atoms with Gasteiger partial charge in [-0.3, -0.25) is 4.79 Å². The number of amides is 1. The Balaban J connectivity index is 2.20. The van der Waals surface area contributed by atoms with Crippen molar-refractivity contribution < 1.29 is 9.53 Å². The molecule has 0 bridgehead atoms. The van der Waals surface area contributed by atoms with Gasteiger partial charge in [0.1, 0.15) is 5.75 Å². The second-order valence-electron chi connectivity index (χ2n) is 4.63. The van der Waals surface area contributed by atoms with Gasteiger partial charge in [-0.15, -0.1) is 6.58 Å². The second kappa shape index (κ2) is 8.35. The first-order chi connectivity index (χ1) is 9.13. The van der Waals surface area contributed by atoms with Gasteiger partial charge >= 0.3 is 0 Å². The first-order valence-electron chi connectivity index (χ1n) is 6.69. The zero-order valence-corrected chi connectivity index (χ0v) is 11.9. The summed E-state index contributed by atoms with van der Waals surface area (Å²) in [6, 6.07) is 8.03. The summed E-state index contributed by atoms with van der Waals surface area (Å²) in [6.07, 6.45) is 3.64. The molecule has 0 heterocycles. The van der Waals surface area contributed by atoms with Crippen LogP contribution in [0.5, 0.6) is 5.75 Å². The molecule has 1 aromatic rings. The number of ether oxygens (including phenoxy) is 1. The van der Waals surface area contributed by atoms with Gasteiger partial charge in [-0.1, -0.05) is 18.2 Å². The fourth-order valence-electron chi connectivity index (χ4n) is 1.83. The molecule has 0 unspecified atom stereocenters. The molecular weight excluding hydrogens is 238 g/mol. The first-order valence-corrected chi connectivity index (χ1v) is 6.69. The molecule has 0 N–H and O–H groups in total. The van der Waals surface area contributed by atoms with Gasteiger partial charge in [0.05, 0.1) is 6.61 Å². The van der Waals surface area contributed by atoms with E-state index in [2.05, 4.69) is 6.58 Å². The second-order valence-corrected chi connectivity index (χ2v) is 4.63. The van der Waals surface area contributed by atoms with Gasteiger partial charge < -0.3 is 9.64 Å². The lowest BCUT2D eigenvalue weighted by Gasteiger charge is -2.18. The lowest BCUT2D eigenvalue weighted by atomic mass is 10.2. The number of rotatable bonds is 8. The van der Waals surface area contributed by atoms with Crippen LogP contribution in [0.1, 0.15) is 25.3 Å². The zero-order valence-electron chi connectivity index (χ0n) is 11.9. The van der Waals surface area contributed by atoms with E-state index in [1.165, 1.54) is 5.56 Å². The van der Waals surface area contributed by atoms with E-state index in [1.807, 2.05) is 31.2 Å². The molecule has 1 rings (SSSR count). The number of benzene rings is 1. The Hall–Kier alpha value is -1.77. The number of aryl methyl sites for hydroxylation is 1. The Morgan fingerprint density at radius 2 is 2.21 bits per heavy atom. The number of carbonyl (C=O) groups is 1. The van der Waals surface area contributed by atoms with Gasteiger partial charge in [0.15, 0.2) is 0 Å². The topological polar surface area (TPSA) is 29.5 Å². The summed E-state index contributed by atoms with van der Waals surface area (Å²) in [7, 11) is 0. The third-order valence-corrected chi connectivity index (χ3v) is 2.88. The molecule has 0 saturated carbocycles. The molecule has 0 spiro atoms. The minimum Gasteiger partial charge on any atom is -0.494 e. The molecule has 0 atom stereocenters. The number of unbranched alkanes of at least 4 members (excludes halogenated alkanes) is 1. The van der Waals surface area contributed by atoms with Crippen molar-refractivity contribution >= 4 is 5.91 Å². The molecule has 0 aliphatic carbocycles. The van der Waals surface area contributed by atoms with Crippen molar-refractivity contribution in [3.8, 4) is 5.75 Å². The van der Waals surface area contributed by atoms with Crippen LogP contribution in [0, 0.1) is 6.92 Å². The van der Waals surface area contributed by atoms with Crippen molar-refractivity contribution in [1.82, 2.24) is 4.90 Å². The molecule has 3 nitrogen and oxygen atoms in total.